The molecule has 5 rings (SSSR count). The molecule has 0 heteroatoms. The van der Waals surface area contributed by atoms with Gasteiger partial charge in [0.05, 0.1) is 0 Å². The van der Waals surface area contributed by atoms with Crippen LogP contribution >= 0.6 is 0 Å². The molecule has 0 amide bonds. The van der Waals surface area contributed by atoms with E-state index in [1.165, 1.54) is 51.4 Å². The maximum absolute atomic E-state index is 2.69. The minimum atomic E-state index is 0.637. The fourth-order valence-electron chi connectivity index (χ4n) is 7.82. The highest BCUT2D eigenvalue weighted by atomic mass is 14.7. The Morgan fingerprint density at radius 1 is 1.00 bits per heavy atom. The van der Waals surface area contributed by atoms with Crippen molar-refractivity contribution in [2.75, 3.05) is 0 Å². The van der Waals surface area contributed by atoms with Crippen molar-refractivity contribution in [3.8, 4) is 0 Å². The maximum atomic E-state index is 2.69. The third-order valence-corrected chi connectivity index (χ3v) is 9.21. The highest BCUT2D eigenvalue weighted by Crippen LogP contribution is 2.71. The summed E-state index contributed by atoms with van der Waals surface area (Å²) in [6, 6.07) is 9.38. The number of hydrogen-bond donors (Lipinski definition) is 0. The van der Waals surface area contributed by atoms with Crippen LogP contribution in [0.15, 0.2) is 24.3 Å². The molecule has 1 spiro atoms. The first kappa shape index (κ1) is 14.6. The van der Waals surface area contributed by atoms with Crippen molar-refractivity contribution in [2.24, 2.45) is 28.6 Å². The summed E-state index contributed by atoms with van der Waals surface area (Å²) >= 11 is 0. The number of hydrogen-bond acceptors (Lipinski definition) is 0. The summed E-state index contributed by atoms with van der Waals surface area (Å²) in [4.78, 5) is 0. The second-order valence-corrected chi connectivity index (χ2v) is 9.65. The van der Waals surface area contributed by atoms with Crippen molar-refractivity contribution < 1.29 is 0 Å². The molecule has 0 aromatic heterocycles. The molecule has 4 aliphatic carbocycles. The Hall–Kier alpha value is -0.780. The van der Waals surface area contributed by atoms with Gasteiger partial charge in [-0.15, -0.1) is 0 Å². The molecule has 4 aliphatic rings. The van der Waals surface area contributed by atoms with E-state index < -0.39 is 0 Å². The van der Waals surface area contributed by atoms with Crippen LogP contribution in [0, 0.1) is 28.6 Å². The highest BCUT2D eigenvalue weighted by molar-refractivity contribution is 5.35. The van der Waals surface area contributed by atoms with Gasteiger partial charge < -0.3 is 0 Å². The Balaban J connectivity index is 1.53. The Morgan fingerprint density at radius 2 is 1.78 bits per heavy atom. The normalized spacial score (nSPS) is 43.9. The standard InChI is InChI=1S/C23H32/c1-16-22(2)14-11-19-18-8-4-3-7-17(18)9-10-20(19)21(22)15-23(16)12-5-6-13-23/h3-4,7-8,16,19-21H,5-6,9-15H2,1-2H3. The predicted octanol–water partition coefficient (Wildman–Crippen LogP) is 6.35. The monoisotopic (exact) mass is 308 g/mol. The third-order valence-electron chi connectivity index (χ3n) is 9.21. The fourth-order valence-corrected chi connectivity index (χ4v) is 7.82. The van der Waals surface area contributed by atoms with Gasteiger partial charge in [-0.2, -0.15) is 0 Å². The quantitative estimate of drug-likeness (QED) is 0.524. The van der Waals surface area contributed by atoms with E-state index in [0.29, 0.717) is 5.41 Å². The van der Waals surface area contributed by atoms with E-state index in [9.17, 15) is 0 Å². The SMILES string of the molecule is CC1C2(CCCC2)CC2C3CCc4ccccc4C3CCC21C. The Labute approximate surface area is 142 Å². The molecule has 0 heterocycles. The molecule has 0 N–H and O–H groups in total. The van der Waals surface area contributed by atoms with Gasteiger partial charge in [0.25, 0.3) is 0 Å². The van der Waals surface area contributed by atoms with Gasteiger partial charge in [0.2, 0.25) is 0 Å². The number of aryl methyl sites for hydroxylation is 1. The summed E-state index contributed by atoms with van der Waals surface area (Å²) < 4.78 is 0. The van der Waals surface area contributed by atoms with Crippen LogP contribution in [0.2, 0.25) is 0 Å². The summed E-state index contributed by atoms with van der Waals surface area (Å²) in [5, 5.41) is 0. The summed E-state index contributed by atoms with van der Waals surface area (Å²) in [6.07, 6.45) is 13.4. The molecule has 3 saturated carbocycles. The van der Waals surface area contributed by atoms with Crippen molar-refractivity contribution in [3.63, 3.8) is 0 Å². The molecular formula is C23H32. The van der Waals surface area contributed by atoms with Crippen LogP contribution in [0.3, 0.4) is 0 Å². The average Bonchev–Trinajstić information content (AvgIpc) is 3.13. The van der Waals surface area contributed by atoms with Gasteiger partial charge in [0.15, 0.2) is 0 Å². The first-order valence-electron chi connectivity index (χ1n) is 10.2. The summed E-state index contributed by atoms with van der Waals surface area (Å²) in [5.74, 6) is 3.82. The number of fused-ring (bicyclic) bond motifs is 5. The molecule has 3 fully saturated rings. The van der Waals surface area contributed by atoms with Crippen LogP contribution in [0.4, 0.5) is 0 Å². The lowest BCUT2D eigenvalue weighted by molar-refractivity contribution is 0.0257. The van der Waals surface area contributed by atoms with E-state index in [1.807, 2.05) is 0 Å². The minimum absolute atomic E-state index is 0.637. The molecule has 5 atom stereocenters. The Kier molecular flexibility index (Phi) is 3.08. The molecule has 124 valence electrons. The molecular weight excluding hydrogens is 276 g/mol. The topological polar surface area (TPSA) is 0 Å². The Bertz CT molecular complexity index is 608. The molecule has 5 unspecified atom stereocenters. The van der Waals surface area contributed by atoms with Crippen molar-refractivity contribution in [2.45, 2.75) is 77.6 Å². The zero-order chi connectivity index (χ0) is 15.7. The van der Waals surface area contributed by atoms with Crippen LogP contribution in [-0.4, -0.2) is 0 Å². The summed E-state index contributed by atoms with van der Waals surface area (Å²) in [6.45, 7) is 5.33. The van der Waals surface area contributed by atoms with E-state index in [1.54, 1.807) is 17.5 Å². The first-order chi connectivity index (χ1) is 11.1. The third kappa shape index (κ3) is 1.84. The van der Waals surface area contributed by atoms with E-state index in [4.69, 9.17) is 0 Å². The molecule has 0 saturated heterocycles. The minimum Gasteiger partial charge on any atom is -0.0620 e. The largest absolute Gasteiger partial charge is 0.0620 e. The zero-order valence-electron chi connectivity index (χ0n) is 15.0. The van der Waals surface area contributed by atoms with Crippen LogP contribution in [0.1, 0.15) is 82.3 Å². The van der Waals surface area contributed by atoms with Crippen molar-refractivity contribution in [1.29, 1.82) is 0 Å². The maximum Gasteiger partial charge on any atom is -0.0128 e. The van der Waals surface area contributed by atoms with Gasteiger partial charge in [0, 0.05) is 0 Å². The van der Waals surface area contributed by atoms with E-state index in [-0.39, 0.29) is 0 Å². The first-order valence-corrected chi connectivity index (χ1v) is 10.2. The Morgan fingerprint density at radius 3 is 2.61 bits per heavy atom. The van der Waals surface area contributed by atoms with Gasteiger partial charge in [0.1, 0.15) is 0 Å². The lowest BCUT2D eigenvalue weighted by Gasteiger charge is -2.51. The lowest BCUT2D eigenvalue weighted by atomic mass is 9.54. The molecule has 0 aliphatic heterocycles. The van der Waals surface area contributed by atoms with Crippen LogP contribution in [-0.2, 0) is 6.42 Å². The van der Waals surface area contributed by atoms with Crippen LogP contribution < -0.4 is 0 Å². The van der Waals surface area contributed by atoms with Crippen molar-refractivity contribution in [3.05, 3.63) is 35.4 Å². The van der Waals surface area contributed by atoms with Crippen molar-refractivity contribution >= 4 is 0 Å². The second kappa shape index (κ2) is 4.87. The molecule has 0 radical (unpaired) electrons. The number of rotatable bonds is 0. The van der Waals surface area contributed by atoms with Gasteiger partial charge in [-0.1, -0.05) is 51.0 Å². The highest BCUT2D eigenvalue weighted by Gasteiger charge is 2.62. The molecule has 23 heavy (non-hydrogen) atoms. The predicted molar refractivity (Wildman–Crippen MR) is 96.5 cm³/mol. The average molecular weight is 309 g/mol. The molecule has 0 bridgehead atoms. The van der Waals surface area contributed by atoms with E-state index in [2.05, 4.69) is 38.1 Å². The molecule has 1 aromatic rings. The van der Waals surface area contributed by atoms with Gasteiger partial charge in [-0.25, -0.2) is 0 Å². The smallest absolute Gasteiger partial charge is 0.0128 e. The van der Waals surface area contributed by atoms with E-state index >= 15 is 0 Å². The van der Waals surface area contributed by atoms with Crippen LogP contribution in [0.5, 0.6) is 0 Å². The second-order valence-electron chi connectivity index (χ2n) is 9.65. The van der Waals surface area contributed by atoms with E-state index in [0.717, 1.165) is 29.1 Å². The molecule has 0 nitrogen and oxygen atoms in total. The fraction of sp³-hybridized carbons (Fsp3) is 0.739. The van der Waals surface area contributed by atoms with Gasteiger partial charge in [-0.05, 0) is 90.6 Å². The number of benzene rings is 1. The zero-order valence-corrected chi connectivity index (χ0v) is 15.0. The molecule has 1 aromatic carbocycles. The van der Waals surface area contributed by atoms with Crippen LogP contribution in [0.25, 0.3) is 0 Å². The van der Waals surface area contributed by atoms with Gasteiger partial charge >= 0.3 is 0 Å². The lowest BCUT2D eigenvalue weighted by Crippen LogP contribution is -2.42. The van der Waals surface area contributed by atoms with Gasteiger partial charge in [-0.3, -0.25) is 0 Å². The summed E-state index contributed by atoms with van der Waals surface area (Å²) in [7, 11) is 0. The van der Waals surface area contributed by atoms with Crippen molar-refractivity contribution in [1.82, 2.24) is 0 Å². The summed E-state index contributed by atoms with van der Waals surface area (Å²) in [5.41, 5.74) is 4.76.